The van der Waals surface area contributed by atoms with Crippen LogP contribution in [0.5, 0.6) is 0 Å². The molecule has 0 saturated carbocycles. The van der Waals surface area contributed by atoms with Gasteiger partial charge in [0.2, 0.25) is 0 Å². The largest absolute Gasteiger partial charge is 0.402 e. The third-order valence-corrected chi connectivity index (χ3v) is 1.79. The van der Waals surface area contributed by atoms with E-state index in [1.807, 2.05) is 6.07 Å². The van der Waals surface area contributed by atoms with Crippen LogP contribution in [0.25, 0.3) is 0 Å². The van der Waals surface area contributed by atoms with Gasteiger partial charge >= 0.3 is 5.76 Å². The summed E-state index contributed by atoms with van der Waals surface area (Å²) < 4.78 is 23.4. The van der Waals surface area contributed by atoms with E-state index in [0.29, 0.717) is 4.90 Å². The molecule has 0 aliphatic heterocycles. The summed E-state index contributed by atoms with van der Waals surface area (Å²) in [6, 6.07) is 8.70. The Morgan fingerprint density at radius 1 is 1.10 bits per heavy atom. The molecular formula is C7H7F2S+. The van der Waals surface area contributed by atoms with Gasteiger partial charge < -0.3 is 0 Å². The van der Waals surface area contributed by atoms with Crippen molar-refractivity contribution in [3.8, 4) is 0 Å². The number of halogens is 2. The molecule has 0 amide bonds. The first-order valence-corrected chi connectivity index (χ1v) is 3.79. The first kappa shape index (κ1) is 7.54. The molecule has 0 radical (unpaired) electrons. The van der Waals surface area contributed by atoms with Crippen molar-refractivity contribution in [3.05, 3.63) is 30.3 Å². The summed E-state index contributed by atoms with van der Waals surface area (Å²) in [5.41, 5.74) is 0. The number of thiol groups is 1. The van der Waals surface area contributed by atoms with Gasteiger partial charge in [-0.2, -0.15) is 8.78 Å². The van der Waals surface area contributed by atoms with Crippen LogP contribution in [0.15, 0.2) is 35.2 Å². The van der Waals surface area contributed by atoms with Crippen LogP contribution >= 0.6 is 0 Å². The molecule has 0 aliphatic rings. The van der Waals surface area contributed by atoms with E-state index in [9.17, 15) is 8.78 Å². The van der Waals surface area contributed by atoms with Crippen molar-refractivity contribution in [1.29, 1.82) is 0 Å². The smallest absolute Gasteiger partial charge is 0.156 e. The fraction of sp³-hybridized carbons (Fsp3) is 0.143. The Balaban J connectivity index is 2.59. The molecule has 0 atom stereocenters. The molecule has 0 bridgehead atoms. The van der Waals surface area contributed by atoms with Crippen molar-refractivity contribution >= 4 is 11.8 Å². The summed E-state index contributed by atoms with van der Waals surface area (Å²) in [4.78, 5) is 0.664. The van der Waals surface area contributed by atoms with Crippen molar-refractivity contribution in [2.75, 3.05) is 0 Å². The lowest BCUT2D eigenvalue weighted by molar-refractivity contribution is 0.251. The van der Waals surface area contributed by atoms with E-state index in [4.69, 9.17) is 0 Å². The molecule has 0 saturated heterocycles. The van der Waals surface area contributed by atoms with Crippen LogP contribution in [0, 0.1) is 0 Å². The highest BCUT2D eigenvalue weighted by molar-refractivity contribution is 7.78. The molecular weight excluding hydrogens is 154 g/mol. The minimum atomic E-state index is -2.26. The topological polar surface area (TPSA) is 0 Å². The first-order valence-electron chi connectivity index (χ1n) is 2.83. The highest BCUT2D eigenvalue weighted by Gasteiger charge is 2.12. The van der Waals surface area contributed by atoms with E-state index in [0.717, 1.165) is 0 Å². The minimum absolute atomic E-state index is 0.0963. The van der Waals surface area contributed by atoms with Crippen LogP contribution in [0.1, 0.15) is 0 Å². The predicted octanol–water partition coefficient (Wildman–Crippen LogP) is 2.08. The number of rotatable bonds is 2. The van der Waals surface area contributed by atoms with Gasteiger partial charge in [0.05, 0.1) is 11.8 Å². The maximum atomic E-state index is 11.7. The fourth-order valence-electron chi connectivity index (χ4n) is 0.627. The van der Waals surface area contributed by atoms with Gasteiger partial charge in [-0.05, 0) is 12.1 Å². The lowest BCUT2D eigenvalue weighted by Crippen LogP contribution is -1.93. The molecule has 1 aromatic rings. The van der Waals surface area contributed by atoms with Crippen LogP contribution in [0.2, 0.25) is 0 Å². The second-order valence-electron chi connectivity index (χ2n) is 1.74. The highest BCUT2D eigenvalue weighted by atomic mass is 32.2. The second kappa shape index (κ2) is 3.56. The lowest BCUT2D eigenvalue weighted by Gasteiger charge is -1.87. The third kappa shape index (κ3) is 2.35. The average molecular weight is 161 g/mol. The van der Waals surface area contributed by atoms with Gasteiger partial charge in [-0.15, -0.1) is 0 Å². The minimum Gasteiger partial charge on any atom is -0.156 e. The Kier molecular flexibility index (Phi) is 2.68. The quantitative estimate of drug-likeness (QED) is 0.460. The molecule has 0 N–H and O–H groups in total. The molecule has 0 nitrogen and oxygen atoms in total. The average Bonchev–Trinajstić information content (AvgIpc) is 1.88. The molecule has 10 heavy (non-hydrogen) atoms. The Hall–Kier alpha value is -0.570. The van der Waals surface area contributed by atoms with Gasteiger partial charge in [0.15, 0.2) is 4.90 Å². The molecule has 54 valence electrons. The Morgan fingerprint density at radius 3 is 2.20 bits per heavy atom. The fourth-order valence-corrected chi connectivity index (χ4v) is 1.20. The Morgan fingerprint density at radius 2 is 1.70 bits per heavy atom. The number of alkyl halides is 2. The maximum Gasteiger partial charge on any atom is 0.402 e. The zero-order valence-corrected chi connectivity index (χ0v) is 6.06. The van der Waals surface area contributed by atoms with Crippen molar-refractivity contribution < 1.29 is 8.78 Å². The summed E-state index contributed by atoms with van der Waals surface area (Å²) in [5, 5.41) is 0. The molecule has 1 rings (SSSR count). The summed E-state index contributed by atoms with van der Waals surface area (Å²) in [6.45, 7) is 0. The molecule has 0 aromatic heterocycles. The number of hydrogen-bond acceptors (Lipinski definition) is 0. The van der Waals surface area contributed by atoms with Gasteiger partial charge in [0.25, 0.3) is 0 Å². The van der Waals surface area contributed by atoms with E-state index < -0.39 is 5.76 Å². The zero-order valence-electron chi connectivity index (χ0n) is 5.17. The van der Waals surface area contributed by atoms with Crippen LogP contribution < -0.4 is 0 Å². The molecule has 0 spiro atoms. The number of benzene rings is 1. The van der Waals surface area contributed by atoms with E-state index in [-0.39, 0.29) is 11.8 Å². The van der Waals surface area contributed by atoms with Crippen LogP contribution in [0.4, 0.5) is 8.78 Å². The van der Waals surface area contributed by atoms with E-state index in [1.165, 1.54) is 0 Å². The standard InChI is InChI=1S/C7H6F2S/c8-7(9)10-6-4-2-1-3-5-6/h1-5,7H/p+1. The Labute approximate surface area is 62.3 Å². The van der Waals surface area contributed by atoms with Gasteiger partial charge in [-0.1, -0.05) is 18.2 Å². The monoisotopic (exact) mass is 161 g/mol. The van der Waals surface area contributed by atoms with E-state index in [1.54, 1.807) is 24.3 Å². The van der Waals surface area contributed by atoms with Gasteiger partial charge in [-0.3, -0.25) is 0 Å². The van der Waals surface area contributed by atoms with Crippen molar-refractivity contribution in [1.82, 2.24) is 0 Å². The van der Waals surface area contributed by atoms with Gasteiger partial charge in [0.1, 0.15) is 0 Å². The summed E-state index contributed by atoms with van der Waals surface area (Å²) in [6.07, 6.45) is 0. The van der Waals surface area contributed by atoms with Crippen molar-refractivity contribution in [3.63, 3.8) is 0 Å². The maximum absolute atomic E-state index is 11.7. The lowest BCUT2D eigenvalue weighted by atomic mass is 10.4. The zero-order chi connectivity index (χ0) is 7.40. The summed E-state index contributed by atoms with van der Waals surface area (Å²) >= 11 is 0.0963. The highest BCUT2D eigenvalue weighted by Crippen LogP contribution is 2.07. The SMILES string of the molecule is FC(F)[SH+]c1ccccc1. The molecule has 0 aliphatic carbocycles. The normalized spacial score (nSPS) is 10.3. The van der Waals surface area contributed by atoms with Crippen molar-refractivity contribution in [2.45, 2.75) is 10.7 Å². The molecule has 0 heterocycles. The van der Waals surface area contributed by atoms with E-state index >= 15 is 0 Å². The van der Waals surface area contributed by atoms with Crippen LogP contribution in [-0.2, 0) is 11.8 Å². The summed E-state index contributed by atoms with van der Waals surface area (Å²) in [7, 11) is 0. The molecule has 0 fully saturated rings. The summed E-state index contributed by atoms with van der Waals surface area (Å²) in [5.74, 6) is -2.26. The Bertz CT molecular complexity index is 186. The van der Waals surface area contributed by atoms with Crippen LogP contribution in [-0.4, -0.2) is 5.76 Å². The second-order valence-corrected chi connectivity index (χ2v) is 2.91. The van der Waals surface area contributed by atoms with Crippen LogP contribution in [0.3, 0.4) is 0 Å². The van der Waals surface area contributed by atoms with Gasteiger partial charge in [-0.25, -0.2) is 0 Å². The first-order chi connectivity index (χ1) is 4.79. The number of hydrogen-bond donors (Lipinski definition) is 0. The van der Waals surface area contributed by atoms with E-state index in [2.05, 4.69) is 0 Å². The molecule has 1 aromatic carbocycles. The van der Waals surface area contributed by atoms with Gasteiger partial charge in [0, 0.05) is 0 Å². The third-order valence-electron chi connectivity index (χ3n) is 1.00. The molecule has 0 unspecified atom stereocenters. The van der Waals surface area contributed by atoms with Crippen molar-refractivity contribution in [2.24, 2.45) is 0 Å². The predicted molar refractivity (Wildman–Crippen MR) is 39.5 cm³/mol. The molecule has 3 heteroatoms.